The number of fused-ring (bicyclic) bond motifs is 1. The molecule has 7 heteroatoms. The smallest absolute Gasteiger partial charge is 0.265 e. The first-order valence-corrected chi connectivity index (χ1v) is 11.4. The van der Waals surface area contributed by atoms with Crippen LogP contribution in [0.2, 0.25) is 0 Å². The van der Waals surface area contributed by atoms with E-state index in [2.05, 4.69) is 24.5 Å². The van der Waals surface area contributed by atoms with E-state index in [1.165, 1.54) is 19.3 Å². The molecule has 0 bridgehead atoms. The summed E-state index contributed by atoms with van der Waals surface area (Å²) in [6.07, 6.45) is 6.03. The molecule has 3 aliphatic rings. The minimum atomic E-state index is 0.00562. The zero-order valence-corrected chi connectivity index (χ0v) is 18.2. The van der Waals surface area contributed by atoms with Crippen molar-refractivity contribution in [3.05, 3.63) is 24.3 Å². The number of benzene rings is 1. The first-order valence-electron chi connectivity index (χ1n) is 11.4. The maximum absolute atomic E-state index is 12.3. The Bertz CT molecular complexity index is 777. The minimum Gasteiger partial charge on any atom is -0.482 e. The summed E-state index contributed by atoms with van der Waals surface area (Å²) in [5, 5.41) is 7.03. The fourth-order valence-corrected chi connectivity index (χ4v) is 4.94. The first-order chi connectivity index (χ1) is 14.7. The van der Waals surface area contributed by atoms with Gasteiger partial charge in [0.05, 0.1) is 11.8 Å². The molecule has 1 aromatic carbocycles. The van der Waals surface area contributed by atoms with Crippen molar-refractivity contribution in [2.24, 2.45) is 10.4 Å². The van der Waals surface area contributed by atoms with Crippen LogP contribution in [0.1, 0.15) is 46.0 Å². The summed E-state index contributed by atoms with van der Waals surface area (Å²) in [6.45, 7) is 7.19. The van der Waals surface area contributed by atoms with Crippen LogP contribution in [-0.2, 0) is 9.53 Å². The van der Waals surface area contributed by atoms with Crippen LogP contribution in [0.4, 0.5) is 5.69 Å². The van der Waals surface area contributed by atoms with Crippen molar-refractivity contribution in [3.63, 3.8) is 0 Å². The van der Waals surface area contributed by atoms with Gasteiger partial charge in [0.15, 0.2) is 12.6 Å². The fourth-order valence-electron chi connectivity index (χ4n) is 4.94. The number of carbonyl (C=O) groups is 1. The third kappa shape index (κ3) is 4.00. The number of nitrogens with zero attached hydrogens (tertiary/aromatic N) is 2. The van der Waals surface area contributed by atoms with Gasteiger partial charge in [0.2, 0.25) is 0 Å². The number of guanidine groups is 1. The highest BCUT2D eigenvalue weighted by Crippen LogP contribution is 2.57. The lowest BCUT2D eigenvalue weighted by atomic mass is 9.51. The van der Waals surface area contributed by atoms with Crippen LogP contribution in [0, 0.1) is 5.41 Å². The number of rotatable bonds is 8. The zero-order chi connectivity index (χ0) is 21.0. The molecule has 0 aromatic heterocycles. The van der Waals surface area contributed by atoms with Crippen molar-refractivity contribution >= 4 is 17.6 Å². The highest BCUT2D eigenvalue weighted by atomic mass is 16.5. The Morgan fingerprint density at radius 2 is 2.17 bits per heavy atom. The van der Waals surface area contributed by atoms with Crippen molar-refractivity contribution in [2.75, 3.05) is 37.7 Å². The highest BCUT2D eigenvalue weighted by Gasteiger charge is 2.59. The second-order valence-electron chi connectivity index (χ2n) is 8.38. The Kier molecular flexibility index (Phi) is 6.46. The molecule has 2 aliphatic carbocycles. The van der Waals surface area contributed by atoms with E-state index in [4.69, 9.17) is 14.5 Å². The van der Waals surface area contributed by atoms with Crippen molar-refractivity contribution in [2.45, 2.75) is 58.1 Å². The van der Waals surface area contributed by atoms with Gasteiger partial charge in [-0.05, 0) is 51.7 Å². The number of anilines is 1. The van der Waals surface area contributed by atoms with E-state index in [0.717, 1.165) is 43.4 Å². The number of nitrogens with one attached hydrogen (secondary N) is 2. The Morgan fingerprint density at radius 3 is 2.90 bits per heavy atom. The predicted molar refractivity (Wildman–Crippen MR) is 118 cm³/mol. The van der Waals surface area contributed by atoms with Crippen molar-refractivity contribution in [3.8, 4) is 5.75 Å². The molecule has 0 radical (unpaired) electrons. The van der Waals surface area contributed by atoms with Crippen LogP contribution >= 0.6 is 0 Å². The predicted octanol–water partition coefficient (Wildman–Crippen LogP) is 2.70. The number of hydrogen-bond donors (Lipinski definition) is 2. The second-order valence-corrected chi connectivity index (χ2v) is 8.38. The molecule has 1 spiro atoms. The molecule has 30 heavy (non-hydrogen) atoms. The summed E-state index contributed by atoms with van der Waals surface area (Å²) in [5.41, 5.74) is 1.15. The lowest BCUT2D eigenvalue weighted by molar-refractivity contribution is -0.168. The van der Waals surface area contributed by atoms with Crippen molar-refractivity contribution in [1.29, 1.82) is 0 Å². The van der Waals surface area contributed by atoms with E-state index in [-0.39, 0.29) is 12.5 Å². The SMILES string of the molecule is CCNC(=NCCCN1C(=O)COc2ccccc21)NC1CC(OCC)C12CCC2. The molecule has 1 amide bonds. The molecule has 2 fully saturated rings. The van der Waals surface area contributed by atoms with E-state index < -0.39 is 0 Å². The Balaban J connectivity index is 1.31. The summed E-state index contributed by atoms with van der Waals surface area (Å²) in [6, 6.07) is 8.14. The van der Waals surface area contributed by atoms with Crippen LogP contribution in [0.25, 0.3) is 0 Å². The summed E-state index contributed by atoms with van der Waals surface area (Å²) in [5.74, 6) is 1.65. The average Bonchev–Trinajstić information content (AvgIpc) is 2.70. The third-order valence-corrected chi connectivity index (χ3v) is 6.71. The van der Waals surface area contributed by atoms with Gasteiger partial charge >= 0.3 is 0 Å². The van der Waals surface area contributed by atoms with Gasteiger partial charge in [0.1, 0.15) is 5.75 Å². The molecular formula is C23H34N4O3. The summed E-state index contributed by atoms with van der Waals surface area (Å²) >= 11 is 0. The molecule has 2 N–H and O–H groups in total. The number of amides is 1. The third-order valence-electron chi connectivity index (χ3n) is 6.71. The van der Waals surface area contributed by atoms with Gasteiger partial charge in [-0.15, -0.1) is 0 Å². The van der Waals surface area contributed by atoms with Gasteiger partial charge in [0, 0.05) is 37.7 Å². The molecule has 0 saturated heterocycles. The Labute approximate surface area is 179 Å². The number of carbonyl (C=O) groups excluding carboxylic acids is 1. The average molecular weight is 415 g/mol. The molecule has 1 heterocycles. The van der Waals surface area contributed by atoms with Crippen LogP contribution in [0.3, 0.4) is 0 Å². The fraction of sp³-hybridized carbons (Fsp3) is 0.652. The van der Waals surface area contributed by atoms with Crippen LogP contribution in [0.15, 0.2) is 29.3 Å². The maximum Gasteiger partial charge on any atom is 0.265 e. The van der Waals surface area contributed by atoms with Crippen LogP contribution in [-0.4, -0.2) is 56.9 Å². The lowest BCUT2D eigenvalue weighted by Gasteiger charge is -2.61. The first kappa shape index (κ1) is 21.0. The number of para-hydroxylation sites is 2. The Morgan fingerprint density at radius 1 is 1.33 bits per heavy atom. The number of ether oxygens (including phenoxy) is 2. The standard InChI is InChI=1S/C23H34N4O3/c1-3-24-22(26-19-15-20(29-4-2)23(19)11-7-12-23)25-13-8-14-27-17-9-5-6-10-18(17)30-16-21(27)28/h5-6,9-10,19-20H,3-4,7-8,11-16H2,1-2H3,(H2,24,25,26). The minimum absolute atomic E-state index is 0.00562. The Hall–Kier alpha value is -2.28. The van der Waals surface area contributed by atoms with E-state index in [9.17, 15) is 4.79 Å². The largest absolute Gasteiger partial charge is 0.482 e. The molecule has 7 nitrogen and oxygen atoms in total. The molecule has 2 unspecified atom stereocenters. The molecule has 164 valence electrons. The molecular weight excluding hydrogens is 380 g/mol. The molecule has 1 aliphatic heterocycles. The van der Waals surface area contributed by atoms with Gasteiger partial charge in [-0.1, -0.05) is 18.6 Å². The van der Waals surface area contributed by atoms with Crippen LogP contribution < -0.4 is 20.3 Å². The highest BCUT2D eigenvalue weighted by molar-refractivity contribution is 5.97. The van der Waals surface area contributed by atoms with Crippen LogP contribution in [0.5, 0.6) is 5.75 Å². The van der Waals surface area contributed by atoms with Crippen molar-refractivity contribution < 1.29 is 14.3 Å². The van der Waals surface area contributed by atoms with Gasteiger partial charge in [-0.25, -0.2) is 0 Å². The maximum atomic E-state index is 12.3. The van der Waals surface area contributed by atoms with E-state index in [1.54, 1.807) is 0 Å². The van der Waals surface area contributed by atoms with E-state index in [1.807, 2.05) is 29.2 Å². The quantitative estimate of drug-likeness (QED) is 0.389. The second kappa shape index (κ2) is 9.25. The summed E-state index contributed by atoms with van der Waals surface area (Å²) in [4.78, 5) is 18.9. The van der Waals surface area contributed by atoms with Gasteiger partial charge in [-0.2, -0.15) is 0 Å². The lowest BCUT2D eigenvalue weighted by Crippen LogP contribution is -2.68. The molecule has 1 aromatic rings. The van der Waals surface area contributed by atoms with E-state index >= 15 is 0 Å². The number of aliphatic imine (C=N–C) groups is 1. The number of hydrogen-bond acceptors (Lipinski definition) is 4. The van der Waals surface area contributed by atoms with Crippen molar-refractivity contribution in [1.82, 2.24) is 10.6 Å². The summed E-state index contributed by atoms with van der Waals surface area (Å²) < 4.78 is 11.5. The van der Waals surface area contributed by atoms with Gasteiger partial charge in [0.25, 0.3) is 5.91 Å². The summed E-state index contributed by atoms with van der Waals surface area (Å²) in [7, 11) is 0. The zero-order valence-electron chi connectivity index (χ0n) is 18.2. The van der Waals surface area contributed by atoms with Gasteiger partial charge in [-0.3, -0.25) is 9.79 Å². The van der Waals surface area contributed by atoms with E-state index in [0.29, 0.717) is 30.7 Å². The normalized spacial score (nSPS) is 24.5. The molecule has 2 saturated carbocycles. The molecule has 2 atom stereocenters. The van der Waals surface area contributed by atoms with Gasteiger partial charge < -0.3 is 25.0 Å². The molecule has 4 rings (SSSR count). The monoisotopic (exact) mass is 414 g/mol. The topological polar surface area (TPSA) is 75.2 Å².